The summed E-state index contributed by atoms with van der Waals surface area (Å²) in [6.45, 7) is 17.2. The zero-order valence-corrected chi connectivity index (χ0v) is 16.9. The molecule has 0 N–H and O–H groups in total. The lowest BCUT2D eigenvalue weighted by atomic mass is 9.99. The van der Waals surface area contributed by atoms with E-state index in [0.29, 0.717) is 5.57 Å². The Morgan fingerprint density at radius 3 is 2.26 bits per heavy atom. The largest absolute Gasteiger partial charge is 0.495 e. The molecule has 0 spiro atoms. The van der Waals surface area contributed by atoms with E-state index in [0.717, 1.165) is 12.8 Å². The fourth-order valence-electron chi connectivity index (χ4n) is 2.83. The van der Waals surface area contributed by atoms with Gasteiger partial charge in [0.2, 0.25) is 0 Å². The van der Waals surface area contributed by atoms with Crippen molar-refractivity contribution in [2.45, 2.75) is 90.3 Å². The fourth-order valence-corrected chi connectivity index (χ4v) is 4.21. The summed E-state index contributed by atoms with van der Waals surface area (Å²) in [6, 6.07) is 0. The van der Waals surface area contributed by atoms with Crippen LogP contribution < -0.4 is 0 Å². The first kappa shape index (κ1) is 18.5. The van der Waals surface area contributed by atoms with Gasteiger partial charge in [-0.1, -0.05) is 20.8 Å². The number of carbonyl (C=O) groups is 1. The monoisotopic (exact) mass is 340 g/mol. The van der Waals surface area contributed by atoms with Gasteiger partial charge in [-0.25, -0.2) is 4.79 Å². The van der Waals surface area contributed by atoms with Gasteiger partial charge in [-0.3, -0.25) is 0 Å². The fraction of sp³-hybridized carbons (Fsp3) is 0.833. The summed E-state index contributed by atoms with van der Waals surface area (Å²) < 4.78 is 17.7. The minimum atomic E-state index is -1.80. The molecular formula is C18H32O4Si. The van der Waals surface area contributed by atoms with Crippen LogP contribution in [0.5, 0.6) is 0 Å². The average molecular weight is 341 g/mol. The van der Waals surface area contributed by atoms with Crippen LogP contribution in [0, 0.1) is 5.92 Å². The molecule has 1 heterocycles. The van der Waals surface area contributed by atoms with Crippen molar-refractivity contribution < 1.29 is 18.7 Å². The number of hydrogen-bond acceptors (Lipinski definition) is 4. The molecule has 5 heteroatoms. The van der Waals surface area contributed by atoms with E-state index in [9.17, 15) is 4.79 Å². The van der Waals surface area contributed by atoms with E-state index in [-0.39, 0.29) is 34.7 Å². The maximum absolute atomic E-state index is 12.1. The second-order valence-corrected chi connectivity index (χ2v) is 14.1. The first-order valence-corrected chi connectivity index (χ1v) is 11.5. The van der Waals surface area contributed by atoms with Crippen LogP contribution in [-0.2, 0) is 18.7 Å². The molecule has 1 saturated heterocycles. The Kier molecular flexibility index (Phi) is 4.77. The van der Waals surface area contributed by atoms with Crippen LogP contribution >= 0.6 is 0 Å². The van der Waals surface area contributed by atoms with Crippen molar-refractivity contribution in [2.75, 3.05) is 0 Å². The normalized spacial score (nSPS) is 30.5. The molecular weight excluding hydrogens is 308 g/mol. The molecule has 2 fully saturated rings. The summed E-state index contributed by atoms with van der Waals surface area (Å²) in [7, 11) is -1.80. The number of hydrogen-bond donors (Lipinski definition) is 0. The van der Waals surface area contributed by atoms with Crippen molar-refractivity contribution >= 4 is 14.3 Å². The van der Waals surface area contributed by atoms with E-state index in [2.05, 4.69) is 33.9 Å². The second-order valence-electron chi connectivity index (χ2n) is 9.33. The molecule has 0 amide bonds. The summed E-state index contributed by atoms with van der Waals surface area (Å²) in [4.78, 5) is 12.1. The van der Waals surface area contributed by atoms with Crippen LogP contribution in [0.4, 0.5) is 0 Å². The summed E-state index contributed by atoms with van der Waals surface area (Å²) in [5, 5.41) is 0.190. The summed E-state index contributed by atoms with van der Waals surface area (Å²) in [5.41, 5.74) is 0.368. The minimum Gasteiger partial charge on any atom is -0.495 e. The standard InChI is InChI=1S/C18H32O4Si/c1-17(2,3)20-11-14-13-9-12(10-15(13)21-16(14)19)22-23(7,8)18(4,5)6/h11-13,15H,9-10H2,1-8H3/t12-,13?,15?/m0/s1. The van der Waals surface area contributed by atoms with Gasteiger partial charge in [0.1, 0.15) is 6.10 Å². The van der Waals surface area contributed by atoms with Crippen molar-refractivity contribution in [3.63, 3.8) is 0 Å². The van der Waals surface area contributed by atoms with Crippen LogP contribution in [0.15, 0.2) is 11.8 Å². The van der Waals surface area contributed by atoms with E-state index in [1.54, 1.807) is 6.26 Å². The summed E-state index contributed by atoms with van der Waals surface area (Å²) in [5.74, 6) is -0.116. The third kappa shape index (κ3) is 4.18. The van der Waals surface area contributed by atoms with E-state index >= 15 is 0 Å². The molecule has 132 valence electrons. The number of ether oxygens (including phenoxy) is 2. The van der Waals surface area contributed by atoms with Gasteiger partial charge in [-0.05, 0) is 45.3 Å². The maximum atomic E-state index is 12.1. The van der Waals surface area contributed by atoms with Gasteiger partial charge in [-0.15, -0.1) is 0 Å². The molecule has 2 rings (SSSR count). The topological polar surface area (TPSA) is 44.8 Å². The van der Waals surface area contributed by atoms with Gasteiger partial charge in [0.05, 0.1) is 17.4 Å². The van der Waals surface area contributed by atoms with Gasteiger partial charge in [0, 0.05) is 18.4 Å². The van der Waals surface area contributed by atoms with Crippen molar-refractivity contribution in [1.29, 1.82) is 0 Å². The predicted octanol–water partition coefficient (Wildman–Crippen LogP) is 4.41. The molecule has 4 nitrogen and oxygen atoms in total. The van der Waals surface area contributed by atoms with Crippen molar-refractivity contribution in [3.05, 3.63) is 11.8 Å². The third-order valence-corrected chi connectivity index (χ3v) is 9.70. The van der Waals surface area contributed by atoms with Gasteiger partial charge < -0.3 is 13.9 Å². The van der Waals surface area contributed by atoms with Crippen molar-refractivity contribution in [2.24, 2.45) is 5.92 Å². The van der Waals surface area contributed by atoms with Crippen LogP contribution in [-0.4, -0.2) is 32.1 Å². The molecule has 2 unspecified atom stereocenters. The van der Waals surface area contributed by atoms with Gasteiger partial charge in [-0.2, -0.15) is 0 Å². The first-order valence-electron chi connectivity index (χ1n) is 8.57. The highest BCUT2D eigenvalue weighted by Gasteiger charge is 2.50. The Morgan fingerprint density at radius 2 is 1.74 bits per heavy atom. The highest BCUT2D eigenvalue weighted by atomic mass is 28.4. The Morgan fingerprint density at radius 1 is 1.13 bits per heavy atom. The lowest BCUT2D eigenvalue weighted by molar-refractivity contribution is -0.139. The van der Waals surface area contributed by atoms with Gasteiger partial charge in [0.15, 0.2) is 8.32 Å². The molecule has 0 bridgehead atoms. The molecule has 2 aliphatic rings. The van der Waals surface area contributed by atoms with Crippen LogP contribution in [0.3, 0.4) is 0 Å². The molecule has 1 saturated carbocycles. The lowest BCUT2D eigenvalue weighted by Gasteiger charge is -2.38. The van der Waals surface area contributed by atoms with Crippen molar-refractivity contribution in [3.8, 4) is 0 Å². The van der Waals surface area contributed by atoms with E-state index in [1.807, 2.05) is 20.8 Å². The quantitative estimate of drug-likeness (QED) is 0.330. The zero-order chi connectivity index (χ0) is 17.6. The summed E-state index contributed by atoms with van der Waals surface area (Å²) >= 11 is 0. The molecule has 3 atom stereocenters. The number of rotatable bonds is 3. The molecule has 23 heavy (non-hydrogen) atoms. The average Bonchev–Trinajstić information content (AvgIpc) is 2.79. The molecule has 0 aromatic carbocycles. The Hall–Kier alpha value is -0.813. The number of esters is 1. The van der Waals surface area contributed by atoms with Gasteiger partial charge >= 0.3 is 5.97 Å². The first-order chi connectivity index (χ1) is 10.3. The zero-order valence-electron chi connectivity index (χ0n) is 15.9. The van der Waals surface area contributed by atoms with Crippen molar-refractivity contribution in [1.82, 2.24) is 0 Å². The van der Waals surface area contributed by atoms with Crippen LogP contribution in [0.2, 0.25) is 18.1 Å². The maximum Gasteiger partial charge on any atom is 0.337 e. The summed E-state index contributed by atoms with van der Waals surface area (Å²) in [6.07, 6.45) is 3.39. The van der Waals surface area contributed by atoms with Crippen LogP contribution in [0.25, 0.3) is 0 Å². The molecule has 0 aromatic heterocycles. The Bertz CT molecular complexity index is 496. The molecule has 1 aliphatic heterocycles. The highest BCUT2D eigenvalue weighted by Crippen LogP contribution is 2.45. The number of carbonyl (C=O) groups excluding carboxylic acids is 1. The van der Waals surface area contributed by atoms with Crippen LogP contribution in [0.1, 0.15) is 54.4 Å². The predicted molar refractivity (Wildman–Crippen MR) is 93.6 cm³/mol. The smallest absolute Gasteiger partial charge is 0.337 e. The Labute approximate surface area is 141 Å². The molecule has 0 radical (unpaired) electrons. The van der Waals surface area contributed by atoms with Gasteiger partial charge in [0.25, 0.3) is 0 Å². The lowest BCUT2D eigenvalue weighted by Crippen LogP contribution is -2.43. The van der Waals surface area contributed by atoms with E-state index in [4.69, 9.17) is 13.9 Å². The van der Waals surface area contributed by atoms with E-state index < -0.39 is 8.32 Å². The minimum absolute atomic E-state index is 0.0490. The van der Waals surface area contributed by atoms with E-state index in [1.165, 1.54) is 0 Å². The molecule has 0 aromatic rings. The SMILES string of the molecule is CC(C)(C)OC=C1C(=O)OC2C[C@@H](O[Si](C)(C)C(C)(C)C)CC12. The number of fused-ring (bicyclic) bond motifs is 1. The molecule has 1 aliphatic carbocycles. The second kappa shape index (κ2) is 5.92. The Balaban J connectivity index is 2.06. The third-order valence-electron chi connectivity index (χ3n) is 5.16. The highest BCUT2D eigenvalue weighted by molar-refractivity contribution is 6.74.